The molecule has 1 N–H and O–H groups in total. The van der Waals surface area contributed by atoms with E-state index in [1.165, 1.54) is 5.56 Å². The van der Waals surface area contributed by atoms with Gasteiger partial charge in [-0.15, -0.1) is 0 Å². The fourth-order valence-electron chi connectivity index (χ4n) is 2.18. The van der Waals surface area contributed by atoms with E-state index < -0.39 is 0 Å². The quantitative estimate of drug-likeness (QED) is 0.831. The van der Waals surface area contributed by atoms with Crippen LogP contribution in [0.5, 0.6) is 0 Å². The highest BCUT2D eigenvalue weighted by Crippen LogP contribution is 2.21. The minimum absolute atomic E-state index is 0.445. The van der Waals surface area contributed by atoms with Crippen molar-refractivity contribution in [3.8, 4) is 5.69 Å². The van der Waals surface area contributed by atoms with E-state index in [4.69, 9.17) is 5.10 Å². The lowest BCUT2D eigenvalue weighted by molar-refractivity contribution is 0.551. The average molecular weight is 350 g/mol. The van der Waals surface area contributed by atoms with Gasteiger partial charge in [0.2, 0.25) is 0 Å². The van der Waals surface area contributed by atoms with Gasteiger partial charge in [-0.05, 0) is 42.1 Å². The molecule has 0 unspecified atom stereocenters. The van der Waals surface area contributed by atoms with Crippen molar-refractivity contribution < 1.29 is 0 Å². The molecule has 114 valence electrons. The minimum Gasteiger partial charge on any atom is -0.312 e. The largest absolute Gasteiger partial charge is 0.312 e. The van der Waals surface area contributed by atoms with E-state index in [0.29, 0.717) is 11.8 Å². The van der Waals surface area contributed by atoms with Crippen molar-refractivity contribution in [2.24, 2.45) is 5.92 Å². The van der Waals surface area contributed by atoms with Gasteiger partial charge in [-0.25, -0.2) is 4.68 Å². The maximum Gasteiger partial charge on any atom is 0.0701 e. The van der Waals surface area contributed by atoms with Gasteiger partial charge in [-0.3, -0.25) is 0 Å². The Morgan fingerprint density at radius 1 is 1.19 bits per heavy atom. The Bertz CT molecular complexity index is 587. The Kier molecular flexibility index (Phi) is 5.59. The van der Waals surface area contributed by atoms with E-state index in [1.807, 2.05) is 10.9 Å². The van der Waals surface area contributed by atoms with Gasteiger partial charge in [-0.2, -0.15) is 5.10 Å². The van der Waals surface area contributed by atoms with Crippen LogP contribution in [0.15, 0.2) is 34.9 Å². The van der Waals surface area contributed by atoms with Crippen LogP contribution in [-0.4, -0.2) is 16.3 Å². The normalized spacial score (nSPS) is 11.6. The minimum atomic E-state index is 0.445. The Balaban J connectivity index is 2.25. The van der Waals surface area contributed by atoms with Crippen LogP contribution in [0.4, 0.5) is 0 Å². The second kappa shape index (κ2) is 7.23. The maximum atomic E-state index is 4.69. The van der Waals surface area contributed by atoms with Crippen LogP contribution in [0, 0.1) is 5.92 Å². The molecule has 0 fully saturated rings. The molecule has 1 aromatic heterocycles. The SMILES string of the molecule is CC(C)CNCc1ccc(Br)cc1-n1ccc(C(C)C)n1. The Hall–Kier alpha value is -1.13. The molecule has 4 heteroatoms. The summed E-state index contributed by atoms with van der Waals surface area (Å²) in [5, 5.41) is 8.20. The number of nitrogens with zero attached hydrogens (tertiary/aromatic N) is 2. The van der Waals surface area contributed by atoms with Crippen LogP contribution in [-0.2, 0) is 6.54 Å². The standard InChI is InChI=1S/C17H24BrN3/c1-12(2)10-19-11-14-5-6-15(18)9-17(14)21-8-7-16(20-21)13(3)4/h5-9,12-13,19H,10-11H2,1-4H3. The number of hydrogen-bond acceptors (Lipinski definition) is 2. The monoisotopic (exact) mass is 349 g/mol. The van der Waals surface area contributed by atoms with Gasteiger partial charge in [0.1, 0.15) is 0 Å². The van der Waals surface area contributed by atoms with E-state index in [1.54, 1.807) is 0 Å². The third-order valence-corrected chi connectivity index (χ3v) is 3.86. The van der Waals surface area contributed by atoms with Gasteiger partial charge in [0.25, 0.3) is 0 Å². The van der Waals surface area contributed by atoms with E-state index in [2.05, 4.69) is 73.2 Å². The highest BCUT2D eigenvalue weighted by atomic mass is 79.9. The molecule has 0 amide bonds. The molecule has 1 aromatic carbocycles. The number of halogens is 1. The van der Waals surface area contributed by atoms with Gasteiger partial charge < -0.3 is 5.32 Å². The third-order valence-electron chi connectivity index (χ3n) is 3.36. The molecule has 0 saturated heterocycles. The summed E-state index contributed by atoms with van der Waals surface area (Å²) in [6, 6.07) is 8.46. The predicted octanol–water partition coefficient (Wildman–Crippen LogP) is 4.50. The van der Waals surface area contributed by atoms with Crippen molar-refractivity contribution in [2.75, 3.05) is 6.54 Å². The Morgan fingerprint density at radius 2 is 1.95 bits per heavy atom. The molecule has 21 heavy (non-hydrogen) atoms. The highest BCUT2D eigenvalue weighted by molar-refractivity contribution is 9.10. The first-order valence-corrected chi connectivity index (χ1v) is 8.31. The molecule has 2 rings (SSSR count). The topological polar surface area (TPSA) is 29.9 Å². The molecular weight excluding hydrogens is 326 g/mol. The van der Waals surface area contributed by atoms with Gasteiger partial charge in [0.15, 0.2) is 0 Å². The molecule has 0 aliphatic rings. The molecule has 1 heterocycles. The zero-order valence-corrected chi connectivity index (χ0v) is 14.8. The number of nitrogens with one attached hydrogen (secondary N) is 1. The molecule has 0 spiro atoms. The summed E-state index contributed by atoms with van der Waals surface area (Å²) >= 11 is 3.56. The van der Waals surface area contributed by atoms with Crippen LogP contribution < -0.4 is 5.32 Å². The van der Waals surface area contributed by atoms with Crippen molar-refractivity contribution in [1.82, 2.24) is 15.1 Å². The van der Waals surface area contributed by atoms with E-state index in [9.17, 15) is 0 Å². The summed E-state index contributed by atoms with van der Waals surface area (Å²) in [7, 11) is 0. The van der Waals surface area contributed by atoms with Gasteiger partial charge in [0, 0.05) is 17.2 Å². The smallest absolute Gasteiger partial charge is 0.0701 e. The molecule has 0 bridgehead atoms. The first-order valence-electron chi connectivity index (χ1n) is 7.52. The van der Waals surface area contributed by atoms with Crippen LogP contribution in [0.3, 0.4) is 0 Å². The van der Waals surface area contributed by atoms with Gasteiger partial charge >= 0.3 is 0 Å². The molecule has 0 aliphatic carbocycles. The van der Waals surface area contributed by atoms with E-state index in [-0.39, 0.29) is 0 Å². The van der Waals surface area contributed by atoms with Crippen molar-refractivity contribution >= 4 is 15.9 Å². The summed E-state index contributed by atoms with van der Waals surface area (Å²) in [4.78, 5) is 0. The third kappa shape index (κ3) is 4.42. The van der Waals surface area contributed by atoms with Crippen LogP contribution in [0.1, 0.15) is 44.9 Å². The maximum absolute atomic E-state index is 4.69. The summed E-state index contributed by atoms with van der Waals surface area (Å²) in [6.07, 6.45) is 2.04. The van der Waals surface area contributed by atoms with Crippen molar-refractivity contribution in [3.63, 3.8) is 0 Å². The number of benzene rings is 1. The van der Waals surface area contributed by atoms with Crippen molar-refractivity contribution in [1.29, 1.82) is 0 Å². The second-order valence-corrected chi connectivity index (χ2v) is 7.05. The lowest BCUT2D eigenvalue weighted by Crippen LogP contribution is -2.20. The Morgan fingerprint density at radius 3 is 2.57 bits per heavy atom. The summed E-state index contributed by atoms with van der Waals surface area (Å²) in [5.74, 6) is 1.10. The first-order chi connectivity index (χ1) is 9.97. The molecular formula is C17H24BrN3. The number of aromatic nitrogens is 2. The van der Waals surface area contributed by atoms with Crippen molar-refractivity contribution in [2.45, 2.75) is 40.2 Å². The number of rotatable bonds is 6. The molecule has 0 radical (unpaired) electrons. The van der Waals surface area contributed by atoms with E-state index in [0.717, 1.165) is 28.9 Å². The highest BCUT2D eigenvalue weighted by Gasteiger charge is 2.09. The fourth-order valence-corrected chi connectivity index (χ4v) is 2.52. The second-order valence-electron chi connectivity index (χ2n) is 6.14. The average Bonchev–Trinajstić information content (AvgIpc) is 2.89. The molecule has 0 atom stereocenters. The molecule has 3 nitrogen and oxygen atoms in total. The van der Waals surface area contributed by atoms with Gasteiger partial charge in [-0.1, -0.05) is 49.7 Å². The summed E-state index contributed by atoms with van der Waals surface area (Å²) in [5.41, 5.74) is 3.51. The summed E-state index contributed by atoms with van der Waals surface area (Å²) in [6.45, 7) is 10.6. The Labute approximate surface area is 135 Å². The lowest BCUT2D eigenvalue weighted by Gasteiger charge is -2.13. The van der Waals surface area contributed by atoms with Crippen molar-refractivity contribution in [3.05, 3.63) is 46.2 Å². The summed E-state index contributed by atoms with van der Waals surface area (Å²) < 4.78 is 3.05. The molecule has 0 aliphatic heterocycles. The molecule has 0 saturated carbocycles. The lowest BCUT2D eigenvalue weighted by atomic mass is 10.1. The van der Waals surface area contributed by atoms with Crippen LogP contribution >= 0.6 is 15.9 Å². The predicted molar refractivity (Wildman–Crippen MR) is 91.9 cm³/mol. The molecule has 2 aromatic rings. The van der Waals surface area contributed by atoms with Crippen LogP contribution in [0.25, 0.3) is 5.69 Å². The fraction of sp³-hybridized carbons (Fsp3) is 0.471. The van der Waals surface area contributed by atoms with Crippen LogP contribution in [0.2, 0.25) is 0 Å². The van der Waals surface area contributed by atoms with Gasteiger partial charge in [0.05, 0.1) is 11.4 Å². The zero-order chi connectivity index (χ0) is 15.4. The van der Waals surface area contributed by atoms with E-state index >= 15 is 0 Å². The zero-order valence-electron chi connectivity index (χ0n) is 13.2. The number of hydrogen-bond donors (Lipinski definition) is 1. The first kappa shape index (κ1) is 16.2.